The zero-order chi connectivity index (χ0) is 20.6. The lowest BCUT2D eigenvalue weighted by molar-refractivity contribution is -0.134. The maximum atomic E-state index is 9.00. The maximum absolute atomic E-state index is 9.00. The van der Waals surface area contributed by atoms with Crippen LogP contribution in [-0.4, -0.2) is 69.6 Å². The summed E-state index contributed by atoms with van der Waals surface area (Å²) in [5.41, 5.74) is 0. The molecule has 0 saturated carbocycles. The van der Waals surface area contributed by atoms with Crippen molar-refractivity contribution in [2.24, 2.45) is 0 Å². The molecule has 0 rings (SSSR count). The first kappa shape index (κ1) is 38.7. The molecule has 7 nitrogen and oxygen atoms in total. The van der Waals surface area contributed by atoms with Gasteiger partial charge in [0, 0.05) is 40.0 Å². The third kappa shape index (κ3) is 479. The van der Waals surface area contributed by atoms with Gasteiger partial charge < -0.3 is 30.6 Å². The minimum absolute atomic E-state index is 0.319. The maximum Gasteiger partial charge on any atom is 0.300 e. The van der Waals surface area contributed by atoms with E-state index in [0.29, 0.717) is 33.0 Å². The number of aliphatic hydroxyl groups excluding tert-OH is 5. The first-order valence-electron chi connectivity index (χ1n) is 8.54. The molecule has 0 aliphatic carbocycles. The Hall–Kier alpha value is -0.730. The molecule has 6 N–H and O–H groups in total. The van der Waals surface area contributed by atoms with Crippen LogP contribution in [0.4, 0.5) is 0 Å². The fourth-order valence-electron chi connectivity index (χ4n) is 0. The second-order valence-electron chi connectivity index (χ2n) is 4.14. The van der Waals surface area contributed by atoms with Gasteiger partial charge in [-0.25, -0.2) is 0 Å². The molecule has 7 heteroatoms. The molecule has 0 atom stereocenters. The molecule has 0 aliphatic heterocycles. The van der Waals surface area contributed by atoms with Crippen LogP contribution in [0.2, 0.25) is 0 Å². The number of hydrogen-bond donors (Lipinski definition) is 6. The van der Waals surface area contributed by atoms with E-state index in [1.165, 1.54) is 0 Å². The molecule has 0 radical (unpaired) electrons. The van der Waals surface area contributed by atoms with Gasteiger partial charge in [0.25, 0.3) is 5.97 Å². The van der Waals surface area contributed by atoms with E-state index in [-0.39, 0.29) is 0 Å². The Bertz CT molecular complexity index is 108. The van der Waals surface area contributed by atoms with Crippen LogP contribution in [0.5, 0.6) is 0 Å². The van der Waals surface area contributed by atoms with Gasteiger partial charge >= 0.3 is 0 Å². The van der Waals surface area contributed by atoms with E-state index >= 15 is 0 Å². The lowest BCUT2D eigenvalue weighted by Gasteiger charge is -1.69. The standard InChI is InChI=1S/5C3H8O.C2H4O2/c5*1-2-3-4;1-2(3)4/h5*4H,2-3H2,1H3;1H3,(H,3,4). The van der Waals surface area contributed by atoms with Crippen molar-refractivity contribution in [2.45, 2.75) is 73.6 Å². The highest BCUT2D eigenvalue weighted by molar-refractivity contribution is 5.62. The number of carbonyl (C=O) groups is 1. The lowest BCUT2D eigenvalue weighted by atomic mass is 10.5. The number of carboxylic acids is 1. The van der Waals surface area contributed by atoms with Crippen molar-refractivity contribution in [3.63, 3.8) is 0 Å². The number of rotatable bonds is 5. The summed E-state index contributed by atoms with van der Waals surface area (Å²) in [5, 5.41) is 46.8. The predicted octanol–water partition coefficient (Wildman–Crippen LogP) is 2.03. The largest absolute Gasteiger partial charge is 0.481 e. The van der Waals surface area contributed by atoms with Crippen molar-refractivity contribution in [2.75, 3.05) is 33.0 Å². The second-order valence-corrected chi connectivity index (χ2v) is 4.14. The average molecular weight is 361 g/mol. The third-order valence-corrected chi connectivity index (χ3v) is 1.12. The lowest BCUT2D eigenvalue weighted by Crippen LogP contribution is -1.78. The molecular weight excluding hydrogens is 316 g/mol. The zero-order valence-electron chi connectivity index (χ0n) is 16.7. The van der Waals surface area contributed by atoms with Gasteiger partial charge in [-0.2, -0.15) is 0 Å². The van der Waals surface area contributed by atoms with Gasteiger partial charge in [-0.3, -0.25) is 4.79 Å². The zero-order valence-corrected chi connectivity index (χ0v) is 16.7. The monoisotopic (exact) mass is 360 g/mol. The van der Waals surface area contributed by atoms with Crippen molar-refractivity contribution in [1.82, 2.24) is 0 Å². The van der Waals surface area contributed by atoms with Crippen LogP contribution in [0.15, 0.2) is 0 Å². The van der Waals surface area contributed by atoms with Gasteiger partial charge in [0.2, 0.25) is 0 Å². The Kier molecular flexibility index (Phi) is 108. The average Bonchev–Trinajstić information content (AvgIpc) is 2.61. The third-order valence-electron chi connectivity index (χ3n) is 1.12. The molecule has 0 aromatic rings. The molecule has 0 bridgehead atoms. The van der Waals surface area contributed by atoms with Gasteiger partial charge in [0.05, 0.1) is 0 Å². The van der Waals surface area contributed by atoms with E-state index < -0.39 is 5.97 Å². The highest BCUT2D eigenvalue weighted by Gasteiger charge is 1.65. The van der Waals surface area contributed by atoms with Gasteiger partial charge in [0.15, 0.2) is 0 Å². The summed E-state index contributed by atoms with van der Waals surface area (Å²) in [6.07, 6.45) is 4.38. The van der Waals surface area contributed by atoms with E-state index in [4.69, 9.17) is 35.4 Å². The molecule has 0 spiro atoms. The summed E-state index contributed by atoms with van der Waals surface area (Å²) < 4.78 is 0. The summed E-state index contributed by atoms with van der Waals surface area (Å²) in [4.78, 5) is 9.00. The molecule has 0 saturated heterocycles. The molecule has 154 valence electrons. The Morgan fingerprint density at radius 2 is 0.583 bits per heavy atom. The number of hydrogen-bond acceptors (Lipinski definition) is 6. The molecule has 0 aliphatic rings. The first-order chi connectivity index (χ1) is 11.3. The Morgan fingerprint density at radius 3 is 0.583 bits per heavy atom. The fourth-order valence-corrected chi connectivity index (χ4v) is 0. The first-order valence-corrected chi connectivity index (χ1v) is 8.54. The molecule has 0 fully saturated rings. The number of aliphatic hydroxyl groups is 5. The van der Waals surface area contributed by atoms with Crippen LogP contribution in [0.1, 0.15) is 73.6 Å². The highest BCUT2D eigenvalue weighted by atomic mass is 16.4. The van der Waals surface area contributed by atoms with Crippen LogP contribution < -0.4 is 0 Å². The normalized spacial score (nSPS) is 7.29. The molecular formula is C17H44O7. The van der Waals surface area contributed by atoms with Gasteiger partial charge in [-0.15, -0.1) is 0 Å². The van der Waals surface area contributed by atoms with Crippen LogP contribution in [0, 0.1) is 0 Å². The van der Waals surface area contributed by atoms with Crippen LogP contribution >= 0.6 is 0 Å². The van der Waals surface area contributed by atoms with Crippen molar-refractivity contribution < 1.29 is 35.4 Å². The number of aliphatic carboxylic acids is 1. The molecule has 24 heavy (non-hydrogen) atoms. The van der Waals surface area contributed by atoms with Crippen LogP contribution in [0.25, 0.3) is 0 Å². The molecule has 0 aromatic carbocycles. The van der Waals surface area contributed by atoms with E-state index in [9.17, 15) is 0 Å². The summed E-state index contributed by atoms with van der Waals surface area (Å²) in [6, 6.07) is 0. The topological polar surface area (TPSA) is 138 Å². The van der Waals surface area contributed by atoms with E-state index in [1.807, 2.05) is 34.6 Å². The summed E-state index contributed by atoms with van der Waals surface area (Å²) in [7, 11) is 0. The van der Waals surface area contributed by atoms with Crippen molar-refractivity contribution in [3.8, 4) is 0 Å². The summed E-state index contributed by atoms with van der Waals surface area (Å²) in [5.74, 6) is -0.833. The van der Waals surface area contributed by atoms with Crippen molar-refractivity contribution in [1.29, 1.82) is 0 Å². The fraction of sp³-hybridized carbons (Fsp3) is 0.941. The quantitative estimate of drug-likeness (QED) is 0.441. The predicted molar refractivity (Wildman–Crippen MR) is 100 cm³/mol. The highest BCUT2D eigenvalue weighted by Crippen LogP contribution is 1.62. The molecule has 0 unspecified atom stereocenters. The van der Waals surface area contributed by atoms with E-state index in [0.717, 1.165) is 39.0 Å². The minimum Gasteiger partial charge on any atom is -0.481 e. The number of carboxylic acid groups (broad SMARTS) is 1. The summed E-state index contributed by atoms with van der Waals surface area (Å²) >= 11 is 0. The SMILES string of the molecule is CC(=O)O.CCCO.CCCO.CCCO.CCCO.CCCO. The molecule has 0 heterocycles. The Labute approximate surface area is 149 Å². The van der Waals surface area contributed by atoms with E-state index in [1.54, 1.807) is 0 Å². The minimum atomic E-state index is -0.833. The molecule has 0 amide bonds. The Morgan fingerprint density at radius 1 is 0.542 bits per heavy atom. The van der Waals surface area contributed by atoms with Gasteiger partial charge in [-0.05, 0) is 32.1 Å². The van der Waals surface area contributed by atoms with Crippen LogP contribution in [-0.2, 0) is 4.79 Å². The molecule has 0 aromatic heterocycles. The van der Waals surface area contributed by atoms with E-state index in [2.05, 4.69) is 0 Å². The van der Waals surface area contributed by atoms with Gasteiger partial charge in [0.1, 0.15) is 0 Å². The summed E-state index contributed by atoms with van der Waals surface area (Å²) in [6.45, 7) is 12.3. The van der Waals surface area contributed by atoms with Crippen molar-refractivity contribution in [3.05, 3.63) is 0 Å². The Balaban J connectivity index is -0.0000000405. The van der Waals surface area contributed by atoms with Crippen LogP contribution in [0.3, 0.4) is 0 Å². The second kappa shape index (κ2) is 66.9. The van der Waals surface area contributed by atoms with Gasteiger partial charge in [-0.1, -0.05) is 34.6 Å². The van der Waals surface area contributed by atoms with Crippen molar-refractivity contribution >= 4 is 5.97 Å². The smallest absolute Gasteiger partial charge is 0.300 e.